The van der Waals surface area contributed by atoms with Gasteiger partial charge in [-0.05, 0) is 42.9 Å². The molecule has 1 saturated carbocycles. The molecule has 0 aromatic heterocycles. The van der Waals surface area contributed by atoms with E-state index in [1.165, 1.54) is 37.7 Å². The van der Waals surface area contributed by atoms with Gasteiger partial charge in [0.1, 0.15) is 0 Å². The fourth-order valence-electron chi connectivity index (χ4n) is 3.23. The summed E-state index contributed by atoms with van der Waals surface area (Å²) in [5.41, 5.74) is 1.21. The largest absolute Gasteiger partial charge is 0.396 e. The Balaban J connectivity index is 1.89. The summed E-state index contributed by atoms with van der Waals surface area (Å²) >= 11 is 0. The van der Waals surface area contributed by atoms with Crippen molar-refractivity contribution in [2.75, 3.05) is 12.9 Å². The highest BCUT2D eigenvalue weighted by molar-refractivity contribution is 7.84. The average molecular weight is 309 g/mol. The van der Waals surface area contributed by atoms with Gasteiger partial charge < -0.3 is 10.4 Å². The molecule has 4 heteroatoms. The molecule has 0 spiro atoms. The smallest absolute Gasteiger partial charge is 0.0498 e. The predicted octanol–water partition coefficient (Wildman–Crippen LogP) is 2.84. The van der Waals surface area contributed by atoms with Crippen molar-refractivity contribution in [3.63, 3.8) is 0 Å². The van der Waals surface area contributed by atoms with Gasteiger partial charge in [0.15, 0.2) is 0 Å². The third-order valence-corrected chi connectivity index (χ3v) is 5.42. The van der Waals surface area contributed by atoms with E-state index >= 15 is 0 Å². The second-order valence-electron chi connectivity index (χ2n) is 6.00. The Hall–Kier alpha value is -0.710. The third kappa shape index (κ3) is 5.20. The first-order chi connectivity index (χ1) is 10.2. The Morgan fingerprint density at radius 2 is 1.90 bits per heavy atom. The molecule has 2 atom stereocenters. The van der Waals surface area contributed by atoms with E-state index < -0.39 is 10.8 Å². The number of hydrogen-bond donors (Lipinski definition) is 2. The predicted molar refractivity (Wildman–Crippen MR) is 87.7 cm³/mol. The Morgan fingerprint density at radius 3 is 2.48 bits per heavy atom. The molecule has 0 radical (unpaired) electrons. The zero-order valence-corrected chi connectivity index (χ0v) is 13.7. The van der Waals surface area contributed by atoms with Crippen LogP contribution in [-0.2, 0) is 17.3 Å². The monoisotopic (exact) mass is 309 g/mol. The van der Waals surface area contributed by atoms with Crippen LogP contribution in [0.25, 0.3) is 0 Å². The van der Waals surface area contributed by atoms with Crippen LogP contribution < -0.4 is 5.32 Å². The van der Waals surface area contributed by atoms with Gasteiger partial charge in [0.2, 0.25) is 0 Å². The Morgan fingerprint density at radius 1 is 1.24 bits per heavy atom. The van der Waals surface area contributed by atoms with Crippen molar-refractivity contribution in [2.45, 2.75) is 56.0 Å². The summed E-state index contributed by atoms with van der Waals surface area (Å²) in [4.78, 5) is 0.873. The van der Waals surface area contributed by atoms with Crippen LogP contribution in [0.5, 0.6) is 0 Å². The molecule has 21 heavy (non-hydrogen) atoms. The molecular weight excluding hydrogens is 282 g/mol. The van der Waals surface area contributed by atoms with E-state index in [9.17, 15) is 9.32 Å². The molecule has 2 unspecified atom stereocenters. The highest BCUT2D eigenvalue weighted by Gasteiger charge is 2.22. The molecule has 0 heterocycles. The van der Waals surface area contributed by atoms with E-state index in [2.05, 4.69) is 5.32 Å². The first-order valence-corrected chi connectivity index (χ1v) is 9.53. The fourth-order valence-corrected chi connectivity index (χ4v) is 3.75. The topological polar surface area (TPSA) is 49.3 Å². The van der Waals surface area contributed by atoms with Crippen molar-refractivity contribution in [3.8, 4) is 0 Å². The summed E-state index contributed by atoms with van der Waals surface area (Å²) in [6.45, 7) is 1.07. The van der Waals surface area contributed by atoms with E-state index in [1.807, 2.05) is 24.3 Å². The maximum atomic E-state index is 11.4. The molecular formula is C17H27NO2S. The molecule has 1 aliphatic carbocycles. The van der Waals surface area contributed by atoms with Gasteiger partial charge in [-0.2, -0.15) is 0 Å². The minimum Gasteiger partial charge on any atom is -0.396 e. The number of aliphatic hydroxyl groups excluding tert-OH is 1. The van der Waals surface area contributed by atoms with E-state index in [4.69, 9.17) is 0 Å². The minimum atomic E-state index is -0.910. The number of rotatable bonds is 7. The quantitative estimate of drug-likeness (QED) is 0.814. The van der Waals surface area contributed by atoms with Gasteiger partial charge in [0.25, 0.3) is 0 Å². The lowest BCUT2D eigenvalue weighted by Gasteiger charge is -2.31. The summed E-state index contributed by atoms with van der Waals surface area (Å²) in [5.74, 6) is 0.702. The van der Waals surface area contributed by atoms with Crippen molar-refractivity contribution in [1.82, 2.24) is 5.32 Å². The van der Waals surface area contributed by atoms with Gasteiger partial charge in [-0.15, -0.1) is 0 Å². The molecule has 118 valence electrons. The fraction of sp³-hybridized carbons (Fsp3) is 0.647. The van der Waals surface area contributed by atoms with Gasteiger partial charge in [-0.1, -0.05) is 31.4 Å². The Labute approximate surface area is 130 Å². The van der Waals surface area contributed by atoms with E-state index in [0.717, 1.165) is 17.9 Å². The molecule has 1 aliphatic rings. The van der Waals surface area contributed by atoms with E-state index in [0.29, 0.717) is 12.0 Å². The van der Waals surface area contributed by atoms with Gasteiger partial charge in [-0.3, -0.25) is 4.21 Å². The summed E-state index contributed by atoms with van der Waals surface area (Å²) < 4.78 is 11.4. The SMILES string of the molecule is CS(=O)c1ccc(CNC(CCO)C2CCCCC2)cc1. The molecule has 0 amide bonds. The van der Waals surface area contributed by atoms with Crippen LogP contribution >= 0.6 is 0 Å². The third-order valence-electron chi connectivity index (χ3n) is 4.48. The maximum absolute atomic E-state index is 11.4. The van der Waals surface area contributed by atoms with Crippen LogP contribution in [0.4, 0.5) is 0 Å². The minimum absolute atomic E-state index is 0.252. The van der Waals surface area contributed by atoms with Crippen molar-refractivity contribution in [2.24, 2.45) is 5.92 Å². The van der Waals surface area contributed by atoms with Crippen molar-refractivity contribution in [3.05, 3.63) is 29.8 Å². The van der Waals surface area contributed by atoms with Gasteiger partial charge in [-0.25, -0.2) is 0 Å². The molecule has 0 bridgehead atoms. The number of benzene rings is 1. The Kier molecular flexibility index (Phi) is 6.87. The van der Waals surface area contributed by atoms with Gasteiger partial charge >= 0.3 is 0 Å². The van der Waals surface area contributed by atoms with Crippen LogP contribution in [-0.4, -0.2) is 28.2 Å². The molecule has 0 aliphatic heterocycles. The highest BCUT2D eigenvalue weighted by atomic mass is 32.2. The van der Waals surface area contributed by atoms with Gasteiger partial charge in [0, 0.05) is 41.1 Å². The number of hydrogen-bond acceptors (Lipinski definition) is 3. The van der Waals surface area contributed by atoms with Crippen LogP contribution in [0, 0.1) is 5.92 Å². The Bertz CT molecular complexity index is 441. The molecule has 2 N–H and O–H groups in total. The first-order valence-electron chi connectivity index (χ1n) is 7.97. The first kappa shape index (κ1) is 16.7. The lowest BCUT2D eigenvalue weighted by atomic mass is 9.82. The standard InChI is InChI=1S/C17H27NO2S/c1-21(20)16-9-7-14(8-10-16)13-18-17(11-12-19)15-5-3-2-4-6-15/h7-10,15,17-19H,2-6,11-13H2,1H3. The number of nitrogens with one attached hydrogen (secondary N) is 1. The molecule has 2 rings (SSSR count). The van der Waals surface area contributed by atoms with Crippen LogP contribution in [0.2, 0.25) is 0 Å². The average Bonchev–Trinajstić information content (AvgIpc) is 2.52. The normalized spacial score (nSPS) is 19.3. The van der Waals surface area contributed by atoms with Crippen molar-refractivity contribution >= 4 is 10.8 Å². The maximum Gasteiger partial charge on any atom is 0.0498 e. The number of aliphatic hydroxyl groups is 1. The second-order valence-corrected chi connectivity index (χ2v) is 7.38. The zero-order valence-electron chi connectivity index (χ0n) is 12.9. The lowest BCUT2D eigenvalue weighted by molar-refractivity contribution is 0.205. The van der Waals surface area contributed by atoms with Crippen molar-refractivity contribution < 1.29 is 9.32 Å². The van der Waals surface area contributed by atoms with Gasteiger partial charge in [0.05, 0.1) is 0 Å². The van der Waals surface area contributed by atoms with E-state index in [1.54, 1.807) is 6.26 Å². The summed E-state index contributed by atoms with van der Waals surface area (Å²) in [6, 6.07) is 8.38. The molecule has 1 aromatic carbocycles. The molecule has 3 nitrogen and oxygen atoms in total. The summed E-state index contributed by atoms with van der Waals surface area (Å²) in [7, 11) is -0.910. The van der Waals surface area contributed by atoms with Crippen molar-refractivity contribution in [1.29, 1.82) is 0 Å². The lowest BCUT2D eigenvalue weighted by Crippen LogP contribution is -2.37. The molecule has 1 aromatic rings. The molecule has 0 saturated heterocycles. The molecule has 1 fully saturated rings. The van der Waals surface area contributed by atoms with Crippen LogP contribution in [0.1, 0.15) is 44.1 Å². The van der Waals surface area contributed by atoms with Crippen LogP contribution in [0.15, 0.2) is 29.2 Å². The van der Waals surface area contributed by atoms with Crippen LogP contribution in [0.3, 0.4) is 0 Å². The highest BCUT2D eigenvalue weighted by Crippen LogP contribution is 2.27. The van der Waals surface area contributed by atoms with E-state index in [-0.39, 0.29) is 6.61 Å². The second kappa shape index (κ2) is 8.66. The summed E-state index contributed by atoms with van der Waals surface area (Å²) in [6.07, 6.45) is 9.11. The summed E-state index contributed by atoms with van der Waals surface area (Å²) in [5, 5.41) is 12.9. The zero-order chi connectivity index (χ0) is 15.1.